The summed E-state index contributed by atoms with van der Waals surface area (Å²) in [5, 5.41) is 9.70. The molecule has 37 heavy (non-hydrogen) atoms. The lowest BCUT2D eigenvalue weighted by atomic mass is 9.81. The number of hydrogen-bond acceptors (Lipinski definition) is 9. The Morgan fingerprint density at radius 2 is 1.92 bits per heavy atom. The van der Waals surface area contributed by atoms with Crippen LogP contribution in [0.2, 0.25) is 0 Å². The molecule has 1 amide bonds. The Labute approximate surface area is 216 Å². The molecule has 11 nitrogen and oxygen atoms in total. The zero-order valence-electron chi connectivity index (χ0n) is 22.3. The molecule has 2 N–H and O–H groups in total. The van der Waals surface area contributed by atoms with Crippen LogP contribution in [0.1, 0.15) is 76.0 Å². The molecule has 202 valence electrons. The predicted molar refractivity (Wildman–Crippen MR) is 135 cm³/mol. The van der Waals surface area contributed by atoms with Crippen molar-refractivity contribution in [3.8, 4) is 0 Å². The SMILES string of the molecule is CCOC(=O)c1nc(N(C)C2C[C@H]3CCC[C@@H](C2)N3C(=O)OC(C)(C)C)nc(Nc2cc(C)[nH]n2)c1F. The van der Waals surface area contributed by atoms with Gasteiger partial charge < -0.3 is 24.6 Å². The Morgan fingerprint density at radius 1 is 1.24 bits per heavy atom. The van der Waals surface area contributed by atoms with Gasteiger partial charge in [-0.1, -0.05) is 0 Å². The molecule has 2 saturated heterocycles. The maximum Gasteiger partial charge on any atom is 0.410 e. The summed E-state index contributed by atoms with van der Waals surface area (Å²) in [7, 11) is 1.83. The van der Waals surface area contributed by atoms with Crippen molar-refractivity contribution in [1.29, 1.82) is 0 Å². The summed E-state index contributed by atoms with van der Waals surface area (Å²) in [6, 6.07) is 1.71. The zero-order valence-corrected chi connectivity index (χ0v) is 22.3. The molecule has 2 bridgehead atoms. The number of H-pyrrole nitrogens is 1. The van der Waals surface area contributed by atoms with Crippen LogP contribution in [0.5, 0.6) is 0 Å². The summed E-state index contributed by atoms with van der Waals surface area (Å²) in [6.07, 6.45) is 3.88. The van der Waals surface area contributed by atoms with Gasteiger partial charge in [0.15, 0.2) is 23.1 Å². The first-order valence-corrected chi connectivity index (χ1v) is 12.7. The molecule has 0 spiro atoms. The summed E-state index contributed by atoms with van der Waals surface area (Å²) < 4.78 is 26.0. The van der Waals surface area contributed by atoms with E-state index in [1.54, 1.807) is 13.0 Å². The molecular weight excluding hydrogens is 481 g/mol. The lowest BCUT2D eigenvalue weighted by Crippen LogP contribution is -2.59. The minimum absolute atomic E-state index is 0.0180. The minimum Gasteiger partial charge on any atom is -0.461 e. The van der Waals surface area contributed by atoms with E-state index >= 15 is 4.39 Å². The number of esters is 1. The molecule has 2 aromatic heterocycles. The summed E-state index contributed by atoms with van der Waals surface area (Å²) >= 11 is 0. The average molecular weight is 518 g/mol. The first-order valence-electron chi connectivity index (χ1n) is 12.7. The van der Waals surface area contributed by atoms with E-state index in [1.807, 2.05) is 44.5 Å². The lowest BCUT2D eigenvalue weighted by Gasteiger charge is -2.50. The molecule has 2 aliphatic heterocycles. The Kier molecular flexibility index (Phi) is 7.56. The minimum atomic E-state index is -0.909. The smallest absolute Gasteiger partial charge is 0.410 e. The molecule has 4 rings (SSSR count). The van der Waals surface area contributed by atoms with Crippen LogP contribution >= 0.6 is 0 Å². The number of hydrogen-bond donors (Lipinski definition) is 2. The normalized spacial score (nSPS) is 21.4. The van der Waals surface area contributed by atoms with Crippen LogP contribution in [0.4, 0.5) is 26.8 Å². The third kappa shape index (κ3) is 5.94. The number of halogens is 1. The standard InChI is InChI=1S/C25H36FN7O4/c1-7-36-22(34)20-19(26)21(27-18-11-14(2)30-31-18)29-23(28-20)32(6)17-12-15-9-8-10-16(13-17)33(15)24(35)37-25(3,4)5/h11,15-17H,7-10,12-13H2,1-6H3,(H2,27,28,29,30,31)/t15-,16+,17?. The molecule has 0 aromatic carbocycles. The highest BCUT2D eigenvalue weighted by molar-refractivity contribution is 5.89. The van der Waals surface area contributed by atoms with Crippen LogP contribution in [-0.2, 0) is 9.47 Å². The molecule has 4 heterocycles. The molecule has 12 heteroatoms. The molecule has 1 unspecified atom stereocenters. The van der Waals surface area contributed by atoms with Crippen LogP contribution in [-0.4, -0.2) is 74.5 Å². The fourth-order valence-corrected chi connectivity index (χ4v) is 5.06. The van der Waals surface area contributed by atoms with Gasteiger partial charge in [0, 0.05) is 36.9 Å². The average Bonchev–Trinajstić information content (AvgIpc) is 3.22. The number of amides is 1. The molecule has 2 fully saturated rings. The van der Waals surface area contributed by atoms with Crippen LogP contribution in [0.25, 0.3) is 0 Å². The van der Waals surface area contributed by atoms with Crippen molar-refractivity contribution in [1.82, 2.24) is 25.1 Å². The van der Waals surface area contributed by atoms with Crippen molar-refractivity contribution in [2.45, 2.75) is 90.4 Å². The van der Waals surface area contributed by atoms with Crippen molar-refractivity contribution in [3.63, 3.8) is 0 Å². The molecular formula is C25H36FN7O4. The second kappa shape index (κ2) is 10.5. The highest BCUT2D eigenvalue weighted by atomic mass is 19.1. The van der Waals surface area contributed by atoms with E-state index in [1.165, 1.54) is 0 Å². The monoisotopic (exact) mass is 517 g/mol. The largest absolute Gasteiger partial charge is 0.461 e. The van der Waals surface area contributed by atoms with E-state index in [0.717, 1.165) is 25.0 Å². The van der Waals surface area contributed by atoms with E-state index in [0.29, 0.717) is 18.7 Å². The van der Waals surface area contributed by atoms with Crippen LogP contribution in [0.15, 0.2) is 6.07 Å². The number of piperidine rings is 2. The second-order valence-electron chi connectivity index (χ2n) is 10.7. The predicted octanol–water partition coefficient (Wildman–Crippen LogP) is 4.32. The van der Waals surface area contributed by atoms with Gasteiger partial charge in [-0.05, 0) is 66.7 Å². The van der Waals surface area contributed by atoms with E-state index in [-0.39, 0.29) is 42.6 Å². The van der Waals surface area contributed by atoms with Gasteiger partial charge in [0.2, 0.25) is 5.95 Å². The number of nitrogens with zero attached hydrogens (tertiary/aromatic N) is 5. The number of aromatic nitrogens is 4. The quantitative estimate of drug-likeness (QED) is 0.539. The van der Waals surface area contributed by atoms with Crippen LogP contribution < -0.4 is 10.2 Å². The fraction of sp³-hybridized carbons (Fsp3) is 0.640. The van der Waals surface area contributed by atoms with Crippen LogP contribution in [0, 0.1) is 12.7 Å². The maximum absolute atomic E-state index is 15.3. The van der Waals surface area contributed by atoms with Gasteiger partial charge in [0.1, 0.15) is 5.60 Å². The van der Waals surface area contributed by atoms with Crippen molar-refractivity contribution < 1.29 is 23.5 Å². The summed E-state index contributed by atoms with van der Waals surface area (Å²) in [5.74, 6) is -1.40. The van der Waals surface area contributed by atoms with Gasteiger partial charge in [-0.25, -0.2) is 19.0 Å². The van der Waals surface area contributed by atoms with Crippen molar-refractivity contribution in [2.75, 3.05) is 23.9 Å². The Bertz CT molecular complexity index is 1130. The number of carbonyl (C=O) groups excluding carboxylic acids is 2. The molecule has 0 radical (unpaired) electrons. The summed E-state index contributed by atoms with van der Waals surface area (Å²) in [6.45, 7) is 9.14. The van der Waals surface area contributed by atoms with E-state index < -0.39 is 23.1 Å². The van der Waals surface area contributed by atoms with Gasteiger partial charge in [-0.15, -0.1) is 0 Å². The number of carbonyl (C=O) groups is 2. The van der Waals surface area contributed by atoms with Gasteiger partial charge in [-0.3, -0.25) is 5.10 Å². The van der Waals surface area contributed by atoms with Crippen molar-refractivity contribution in [3.05, 3.63) is 23.3 Å². The van der Waals surface area contributed by atoms with E-state index in [2.05, 4.69) is 25.5 Å². The van der Waals surface area contributed by atoms with Gasteiger partial charge in [-0.2, -0.15) is 10.1 Å². The second-order valence-corrected chi connectivity index (χ2v) is 10.7. The number of nitrogens with one attached hydrogen (secondary N) is 2. The Hall–Kier alpha value is -3.44. The number of rotatable bonds is 6. The summed E-state index contributed by atoms with van der Waals surface area (Å²) in [4.78, 5) is 37.9. The number of aryl methyl sites for hydroxylation is 1. The summed E-state index contributed by atoms with van der Waals surface area (Å²) in [5.41, 5.74) is -0.233. The zero-order chi connectivity index (χ0) is 26.9. The number of ether oxygens (including phenoxy) is 2. The topological polar surface area (TPSA) is 126 Å². The van der Waals surface area contributed by atoms with E-state index in [9.17, 15) is 9.59 Å². The van der Waals surface area contributed by atoms with Crippen molar-refractivity contribution in [2.24, 2.45) is 0 Å². The number of aromatic amines is 1. The molecule has 3 atom stereocenters. The molecule has 0 saturated carbocycles. The third-order valence-electron chi connectivity index (χ3n) is 6.68. The maximum atomic E-state index is 15.3. The highest BCUT2D eigenvalue weighted by Crippen LogP contribution is 2.38. The molecule has 2 aromatic rings. The fourth-order valence-electron chi connectivity index (χ4n) is 5.06. The number of fused-ring (bicyclic) bond motifs is 2. The third-order valence-corrected chi connectivity index (χ3v) is 6.68. The first kappa shape index (κ1) is 26.6. The first-order chi connectivity index (χ1) is 17.5. The number of anilines is 3. The van der Waals surface area contributed by atoms with Crippen molar-refractivity contribution >= 4 is 29.6 Å². The molecule has 2 aliphatic rings. The van der Waals surface area contributed by atoms with Crippen LogP contribution in [0.3, 0.4) is 0 Å². The van der Waals surface area contributed by atoms with Gasteiger partial charge in [0.25, 0.3) is 0 Å². The Morgan fingerprint density at radius 3 is 2.49 bits per heavy atom. The molecule has 0 aliphatic carbocycles. The Balaban J connectivity index is 1.61. The lowest BCUT2D eigenvalue weighted by molar-refractivity contribution is -0.0214. The highest BCUT2D eigenvalue weighted by Gasteiger charge is 2.44. The van der Waals surface area contributed by atoms with E-state index in [4.69, 9.17) is 9.47 Å². The van der Waals surface area contributed by atoms with Gasteiger partial charge >= 0.3 is 12.1 Å². The van der Waals surface area contributed by atoms with Gasteiger partial charge in [0.05, 0.1) is 6.61 Å².